The molecule has 0 aliphatic carbocycles. The first-order valence-corrected chi connectivity index (χ1v) is 5.14. The van der Waals surface area contributed by atoms with Gasteiger partial charge in [0.15, 0.2) is 0 Å². The lowest BCUT2D eigenvalue weighted by Crippen LogP contribution is -2.07. The lowest BCUT2D eigenvalue weighted by molar-refractivity contribution is 0.178. The van der Waals surface area contributed by atoms with Gasteiger partial charge in [-0.1, -0.05) is 11.3 Å². The highest BCUT2D eigenvalue weighted by molar-refractivity contribution is 5.33. The summed E-state index contributed by atoms with van der Waals surface area (Å²) in [5.41, 5.74) is 7.54. The Hall–Kier alpha value is -1.79. The van der Waals surface area contributed by atoms with E-state index in [0.29, 0.717) is 18.0 Å². The monoisotopic (exact) mass is 236 g/mol. The van der Waals surface area contributed by atoms with Crippen molar-refractivity contribution in [2.75, 3.05) is 7.11 Å². The summed E-state index contributed by atoms with van der Waals surface area (Å²) < 4.78 is 19.7. The molecule has 5 nitrogen and oxygen atoms in total. The molecule has 90 valence electrons. The van der Waals surface area contributed by atoms with Gasteiger partial charge in [-0.15, -0.1) is 5.10 Å². The van der Waals surface area contributed by atoms with Crippen LogP contribution in [0.15, 0.2) is 24.3 Å². The first-order valence-electron chi connectivity index (χ1n) is 5.14. The maximum Gasteiger partial charge on any atom is 0.125 e. The lowest BCUT2D eigenvalue weighted by atomic mass is 10.3. The number of nitrogens with two attached hydrogens (primary N) is 1. The number of nitrogens with zero attached hydrogens (tertiary/aromatic N) is 3. The van der Waals surface area contributed by atoms with E-state index < -0.39 is 0 Å². The van der Waals surface area contributed by atoms with E-state index in [-0.39, 0.29) is 12.4 Å². The summed E-state index contributed by atoms with van der Waals surface area (Å²) in [5, 5.41) is 7.90. The van der Waals surface area contributed by atoms with Gasteiger partial charge < -0.3 is 10.5 Å². The van der Waals surface area contributed by atoms with Crippen molar-refractivity contribution in [1.29, 1.82) is 0 Å². The van der Waals surface area contributed by atoms with Gasteiger partial charge in [0, 0.05) is 13.7 Å². The summed E-state index contributed by atoms with van der Waals surface area (Å²) in [5.74, 6) is -0.323. The molecule has 6 heteroatoms. The van der Waals surface area contributed by atoms with Gasteiger partial charge in [-0.2, -0.15) is 0 Å². The van der Waals surface area contributed by atoms with E-state index in [1.165, 1.54) is 16.8 Å². The summed E-state index contributed by atoms with van der Waals surface area (Å²) in [6.07, 6.45) is 0. The van der Waals surface area contributed by atoms with Gasteiger partial charge in [-0.3, -0.25) is 0 Å². The number of halogens is 1. The first-order chi connectivity index (χ1) is 8.26. The third-order valence-corrected chi connectivity index (χ3v) is 2.37. The van der Waals surface area contributed by atoms with Crippen LogP contribution < -0.4 is 5.73 Å². The van der Waals surface area contributed by atoms with Crippen molar-refractivity contribution in [2.45, 2.75) is 13.2 Å². The van der Waals surface area contributed by atoms with Crippen molar-refractivity contribution in [1.82, 2.24) is 15.0 Å². The molecule has 0 radical (unpaired) electrons. The zero-order valence-electron chi connectivity index (χ0n) is 9.43. The smallest absolute Gasteiger partial charge is 0.125 e. The highest BCUT2D eigenvalue weighted by atomic mass is 19.1. The van der Waals surface area contributed by atoms with E-state index in [0.717, 1.165) is 5.69 Å². The maximum absolute atomic E-state index is 13.1. The fourth-order valence-electron chi connectivity index (χ4n) is 1.59. The van der Waals surface area contributed by atoms with Crippen LogP contribution in [0.5, 0.6) is 0 Å². The SMILES string of the molecule is COCc1c(CN)nnn1-c1cccc(F)c1. The molecule has 0 atom stereocenters. The second kappa shape index (κ2) is 5.03. The molecule has 0 bridgehead atoms. The Morgan fingerprint density at radius 1 is 1.47 bits per heavy atom. The quantitative estimate of drug-likeness (QED) is 0.860. The van der Waals surface area contributed by atoms with Crippen LogP contribution in [-0.2, 0) is 17.9 Å². The van der Waals surface area contributed by atoms with Gasteiger partial charge in [0.25, 0.3) is 0 Å². The third-order valence-electron chi connectivity index (χ3n) is 2.37. The number of benzene rings is 1. The number of methoxy groups -OCH3 is 1. The average Bonchev–Trinajstić information content (AvgIpc) is 2.72. The minimum absolute atomic E-state index is 0.272. The minimum Gasteiger partial charge on any atom is -0.378 e. The zero-order valence-corrected chi connectivity index (χ0v) is 9.43. The van der Waals surface area contributed by atoms with Crippen LogP contribution in [0.1, 0.15) is 11.4 Å². The fourth-order valence-corrected chi connectivity index (χ4v) is 1.59. The number of aromatic nitrogens is 3. The average molecular weight is 236 g/mol. The second-order valence-electron chi connectivity index (χ2n) is 3.51. The molecule has 0 aliphatic heterocycles. The summed E-state index contributed by atoms with van der Waals surface area (Å²) in [7, 11) is 1.57. The summed E-state index contributed by atoms with van der Waals surface area (Å²) in [4.78, 5) is 0. The molecule has 2 aromatic rings. The Morgan fingerprint density at radius 2 is 2.29 bits per heavy atom. The van der Waals surface area contributed by atoms with Crippen molar-refractivity contribution in [3.8, 4) is 5.69 Å². The van der Waals surface area contributed by atoms with Crippen LogP contribution in [0, 0.1) is 5.82 Å². The van der Waals surface area contributed by atoms with Crippen molar-refractivity contribution in [3.05, 3.63) is 41.5 Å². The molecule has 0 fully saturated rings. The molecule has 0 spiro atoms. The molecule has 0 amide bonds. The number of rotatable bonds is 4. The van der Waals surface area contributed by atoms with Gasteiger partial charge in [-0.05, 0) is 18.2 Å². The van der Waals surface area contributed by atoms with Crippen LogP contribution >= 0.6 is 0 Å². The summed E-state index contributed by atoms with van der Waals surface area (Å²) >= 11 is 0. The Labute approximate surface area is 98.0 Å². The Kier molecular flexibility index (Phi) is 3.46. The van der Waals surface area contributed by atoms with Gasteiger partial charge in [-0.25, -0.2) is 9.07 Å². The number of hydrogen-bond donors (Lipinski definition) is 1. The molecule has 0 unspecified atom stereocenters. The molecule has 17 heavy (non-hydrogen) atoms. The van der Waals surface area contributed by atoms with Gasteiger partial charge in [0.1, 0.15) is 11.5 Å². The lowest BCUT2D eigenvalue weighted by Gasteiger charge is -2.06. The highest BCUT2D eigenvalue weighted by Gasteiger charge is 2.13. The molecule has 1 heterocycles. The van der Waals surface area contributed by atoms with E-state index >= 15 is 0 Å². The number of ether oxygens (including phenoxy) is 1. The Balaban J connectivity index is 2.47. The summed E-state index contributed by atoms with van der Waals surface area (Å²) in [6.45, 7) is 0.601. The maximum atomic E-state index is 13.1. The van der Waals surface area contributed by atoms with E-state index in [1.54, 1.807) is 19.2 Å². The summed E-state index contributed by atoms with van der Waals surface area (Å²) in [6, 6.07) is 6.12. The van der Waals surface area contributed by atoms with Crippen LogP contribution in [0.3, 0.4) is 0 Å². The van der Waals surface area contributed by atoms with Crippen LogP contribution in [0.4, 0.5) is 4.39 Å². The first kappa shape index (κ1) is 11.7. The van der Waals surface area contributed by atoms with Crippen molar-refractivity contribution in [3.63, 3.8) is 0 Å². The van der Waals surface area contributed by atoms with E-state index in [1.807, 2.05) is 0 Å². The topological polar surface area (TPSA) is 66.0 Å². The van der Waals surface area contributed by atoms with Crippen molar-refractivity contribution < 1.29 is 9.13 Å². The van der Waals surface area contributed by atoms with E-state index in [4.69, 9.17) is 10.5 Å². The molecule has 1 aromatic carbocycles. The predicted octanol–water partition coefficient (Wildman–Crippen LogP) is 1.01. The van der Waals surface area contributed by atoms with Crippen molar-refractivity contribution >= 4 is 0 Å². The molecule has 2 N–H and O–H groups in total. The predicted molar refractivity (Wildman–Crippen MR) is 59.9 cm³/mol. The normalized spacial score (nSPS) is 10.8. The standard InChI is InChI=1S/C11H13FN4O/c1-17-7-11-10(6-13)14-15-16(11)9-4-2-3-8(12)5-9/h2-5H,6-7,13H2,1H3. The Morgan fingerprint density at radius 3 is 2.94 bits per heavy atom. The fraction of sp³-hybridized carbons (Fsp3) is 0.273. The van der Waals surface area contributed by atoms with Gasteiger partial charge in [0.05, 0.1) is 18.0 Å². The zero-order chi connectivity index (χ0) is 12.3. The largest absolute Gasteiger partial charge is 0.378 e. The van der Waals surface area contributed by atoms with E-state index in [9.17, 15) is 4.39 Å². The Bertz CT molecular complexity index is 512. The van der Waals surface area contributed by atoms with Gasteiger partial charge >= 0.3 is 0 Å². The van der Waals surface area contributed by atoms with Gasteiger partial charge in [0.2, 0.25) is 0 Å². The van der Waals surface area contributed by atoms with Crippen LogP contribution in [-0.4, -0.2) is 22.1 Å². The molecule has 0 saturated heterocycles. The number of hydrogen-bond acceptors (Lipinski definition) is 4. The minimum atomic E-state index is -0.323. The molecule has 0 aliphatic rings. The second-order valence-corrected chi connectivity index (χ2v) is 3.51. The van der Waals surface area contributed by atoms with Crippen LogP contribution in [0.2, 0.25) is 0 Å². The molecular formula is C11H13FN4O. The molecule has 2 rings (SSSR count). The van der Waals surface area contributed by atoms with Crippen molar-refractivity contribution in [2.24, 2.45) is 5.73 Å². The van der Waals surface area contributed by atoms with Crippen LogP contribution in [0.25, 0.3) is 5.69 Å². The molecular weight excluding hydrogens is 223 g/mol. The van der Waals surface area contributed by atoms with E-state index in [2.05, 4.69) is 10.3 Å². The third kappa shape index (κ3) is 2.32. The highest BCUT2D eigenvalue weighted by Crippen LogP contribution is 2.14. The molecule has 1 aromatic heterocycles. The molecule has 0 saturated carbocycles.